The van der Waals surface area contributed by atoms with Crippen molar-refractivity contribution in [2.24, 2.45) is 5.84 Å². The highest BCUT2D eigenvalue weighted by atomic mass is 35.5. The van der Waals surface area contributed by atoms with Crippen molar-refractivity contribution in [2.75, 3.05) is 0 Å². The predicted octanol–water partition coefficient (Wildman–Crippen LogP) is 2.28. The summed E-state index contributed by atoms with van der Waals surface area (Å²) in [6.07, 6.45) is 1.86. The van der Waals surface area contributed by atoms with Crippen LogP contribution in [0.25, 0.3) is 0 Å². The monoisotopic (exact) mass is 227 g/mol. The van der Waals surface area contributed by atoms with Crippen molar-refractivity contribution in [2.45, 2.75) is 6.04 Å². The number of rotatable bonds is 3. The lowest BCUT2D eigenvalue weighted by molar-refractivity contribution is 0.633. The summed E-state index contributed by atoms with van der Waals surface area (Å²) in [5, 5.41) is 2.69. The van der Waals surface area contributed by atoms with E-state index in [0.717, 1.165) is 15.6 Å². The number of nitrogens with two attached hydrogens (primary N) is 1. The van der Waals surface area contributed by atoms with E-state index in [2.05, 4.69) is 10.4 Å². The molecule has 0 radical (unpaired) electrons. The molecular formula is C9H10ClN3S. The molecule has 1 unspecified atom stereocenters. The fourth-order valence-electron chi connectivity index (χ4n) is 1.34. The lowest BCUT2D eigenvalue weighted by Crippen LogP contribution is -2.28. The van der Waals surface area contributed by atoms with Crippen molar-refractivity contribution in [3.63, 3.8) is 0 Å². The lowest BCUT2D eigenvalue weighted by atomic mass is 10.2. The van der Waals surface area contributed by atoms with E-state index in [4.69, 9.17) is 17.4 Å². The van der Waals surface area contributed by atoms with Crippen LogP contribution in [0.4, 0.5) is 0 Å². The van der Waals surface area contributed by atoms with Gasteiger partial charge in [-0.2, -0.15) is 0 Å². The Morgan fingerprint density at radius 1 is 1.50 bits per heavy atom. The van der Waals surface area contributed by atoms with Gasteiger partial charge in [-0.25, -0.2) is 5.43 Å². The van der Waals surface area contributed by atoms with Crippen LogP contribution in [0.1, 0.15) is 16.6 Å². The quantitative estimate of drug-likeness (QED) is 0.557. The number of hydrazine groups is 1. The zero-order chi connectivity index (χ0) is 9.97. The molecule has 2 aromatic rings. The van der Waals surface area contributed by atoms with E-state index in [1.807, 2.05) is 29.8 Å². The van der Waals surface area contributed by atoms with Gasteiger partial charge in [-0.05, 0) is 23.6 Å². The van der Waals surface area contributed by atoms with Crippen LogP contribution in [-0.4, -0.2) is 4.98 Å². The third kappa shape index (κ3) is 1.69. The summed E-state index contributed by atoms with van der Waals surface area (Å²) < 4.78 is 0. The van der Waals surface area contributed by atoms with E-state index in [1.165, 1.54) is 0 Å². The van der Waals surface area contributed by atoms with E-state index >= 15 is 0 Å². The van der Waals surface area contributed by atoms with Crippen LogP contribution < -0.4 is 11.3 Å². The van der Waals surface area contributed by atoms with Gasteiger partial charge >= 0.3 is 0 Å². The molecule has 2 heterocycles. The summed E-state index contributed by atoms with van der Waals surface area (Å²) in [6.45, 7) is 0. The van der Waals surface area contributed by atoms with Crippen molar-refractivity contribution in [1.29, 1.82) is 0 Å². The molecule has 0 amide bonds. The summed E-state index contributed by atoms with van der Waals surface area (Å²) >= 11 is 7.62. The summed E-state index contributed by atoms with van der Waals surface area (Å²) in [7, 11) is 0. The van der Waals surface area contributed by atoms with Gasteiger partial charge in [0.1, 0.15) is 0 Å². The Labute approximate surface area is 90.9 Å². The SMILES string of the molecule is NNC(c1ccc[nH]1)c1sccc1Cl. The molecule has 0 aliphatic heterocycles. The Bertz CT molecular complexity index is 396. The first-order valence-electron chi connectivity index (χ1n) is 4.15. The van der Waals surface area contributed by atoms with Gasteiger partial charge in [-0.15, -0.1) is 11.3 Å². The van der Waals surface area contributed by atoms with E-state index in [-0.39, 0.29) is 6.04 Å². The molecule has 0 aliphatic rings. The Morgan fingerprint density at radius 3 is 2.86 bits per heavy atom. The third-order valence-corrected chi connectivity index (χ3v) is 3.43. The van der Waals surface area contributed by atoms with Gasteiger partial charge < -0.3 is 4.98 Å². The molecule has 0 spiro atoms. The van der Waals surface area contributed by atoms with E-state index < -0.39 is 0 Å². The minimum absolute atomic E-state index is 0.0579. The van der Waals surface area contributed by atoms with Crippen molar-refractivity contribution >= 4 is 22.9 Å². The molecule has 0 aliphatic carbocycles. The van der Waals surface area contributed by atoms with Crippen molar-refractivity contribution < 1.29 is 0 Å². The Balaban J connectivity index is 2.36. The average Bonchev–Trinajstić information content (AvgIpc) is 2.80. The van der Waals surface area contributed by atoms with Crippen LogP contribution in [0, 0.1) is 0 Å². The fraction of sp³-hybridized carbons (Fsp3) is 0.111. The highest BCUT2D eigenvalue weighted by molar-refractivity contribution is 7.10. The molecule has 0 aromatic carbocycles. The standard InChI is InChI=1S/C9H10ClN3S/c10-6-3-5-14-9(6)8(13-11)7-2-1-4-12-7/h1-5,8,12-13H,11H2. The molecule has 0 saturated heterocycles. The molecule has 0 bridgehead atoms. The molecule has 4 N–H and O–H groups in total. The van der Waals surface area contributed by atoms with Gasteiger partial charge in [0.2, 0.25) is 0 Å². The topological polar surface area (TPSA) is 53.8 Å². The first-order chi connectivity index (χ1) is 6.83. The Morgan fingerprint density at radius 2 is 2.36 bits per heavy atom. The minimum atomic E-state index is -0.0579. The number of aromatic nitrogens is 1. The number of hydrogen-bond acceptors (Lipinski definition) is 3. The van der Waals surface area contributed by atoms with Gasteiger partial charge in [0.05, 0.1) is 11.1 Å². The van der Waals surface area contributed by atoms with Gasteiger partial charge in [0.15, 0.2) is 0 Å². The number of aromatic amines is 1. The smallest absolute Gasteiger partial charge is 0.0965 e. The third-order valence-electron chi connectivity index (χ3n) is 2.01. The molecule has 1 atom stereocenters. The van der Waals surface area contributed by atoms with E-state index in [9.17, 15) is 0 Å². The molecule has 2 rings (SSSR count). The largest absolute Gasteiger partial charge is 0.363 e. The second-order valence-corrected chi connectivity index (χ2v) is 4.21. The number of nitrogens with one attached hydrogen (secondary N) is 2. The normalized spacial score (nSPS) is 13.0. The molecule has 14 heavy (non-hydrogen) atoms. The maximum Gasteiger partial charge on any atom is 0.0965 e. The van der Waals surface area contributed by atoms with Gasteiger partial charge in [-0.1, -0.05) is 11.6 Å². The summed E-state index contributed by atoms with van der Waals surface area (Å²) in [6, 6.07) is 5.72. The van der Waals surface area contributed by atoms with Crippen molar-refractivity contribution in [3.8, 4) is 0 Å². The Kier molecular flexibility index (Phi) is 2.88. The minimum Gasteiger partial charge on any atom is -0.363 e. The van der Waals surface area contributed by atoms with E-state index in [0.29, 0.717) is 0 Å². The number of thiophene rings is 1. The van der Waals surface area contributed by atoms with E-state index in [1.54, 1.807) is 11.3 Å². The molecule has 0 fully saturated rings. The predicted molar refractivity (Wildman–Crippen MR) is 59.3 cm³/mol. The van der Waals surface area contributed by atoms with Crippen LogP contribution in [0.2, 0.25) is 5.02 Å². The van der Waals surface area contributed by atoms with Crippen LogP contribution in [0.5, 0.6) is 0 Å². The van der Waals surface area contributed by atoms with Crippen LogP contribution in [0.15, 0.2) is 29.8 Å². The second-order valence-electron chi connectivity index (χ2n) is 2.86. The summed E-state index contributed by atoms with van der Waals surface area (Å²) in [5.41, 5.74) is 3.75. The molecule has 0 saturated carbocycles. The highest BCUT2D eigenvalue weighted by Crippen LogP contribution is 2.31. The first-order valence-corrected chi connectivity index (χ1v) is 5.41. The molecule has 5 heteroatoms. The van der Waals surface area contributed by atoms with Gasteiger partial charge in [0.25, 0.3) is 0 Å². The van der Waals surface area contributed by atoms with Crippen molar-refractivity contribution in [1.82, 2.24) is 10.4 Å². The van der Waals surface area contributed by atoms with Crippen LogP contribution in [0.3, 0.4) is 0 Å². The lowest BCUT2D eigenvalue weighted by Gasteiger charge is -2.13. The molecule has 3 nitrogen and oxygen atoms in total. The molecular weight excluding hydrogens is 218 g/mol. The highest BCUT2D eigenvalue weighted by Gasteiger charge is 2.17. The number of halogens is 1. The summed E-state index contributed by atoms with van der Waals surface area (Å²) in [4.78, 5) is 4.13. The van der Waals surface area contributed by atoms with Crippen LogP contribution in [-0.2, 0) is 0 Å². The second kappa shape index (κ2) is 4.14. The number of H-pyrrole nitrogens is 1. The van der Waals surface area contributed by atoms with Gasteiger partial charge in [-0.3, -0.25) is 5.84 Å². The van der Waals surface area contributed by atoms with Gasteiger partial charge in [0, 0.05) is 16.8 Å². The maximum atomic E-state index is 6.03. The van der Waals surface area contributed by atoms with Crippen LogP contribution >= 0.6 is 22.9 Å². The number of hydrogen-bond donors (Lipinski definition) is 3. The first kappa shape index (κ1) is 9.73. The Hall–Kier alpha value is -0.810. The average molecular weight is 228 g/mol. The maximum absolute atomic E-state index is 6.03. The van der Waals surface area contributed by atoms with Crippen molar-refractivity contribution in [3.05, 3.63) is 45.4 Å². The zero-order valence-corrected chi connectivity index (χ0v) is 8.90. The molecule has 74 valence electrons. The fourth-order valence-corrected chi connectivity index (χ4v) is 2.58. The zero-order valence-electron chi connectivity index (χ0n) is 7.33. The molecule has 2 aromatic heterocycles. The summed E-state index contributed by atoms with van der Waals surface area (Å²) in [5.74, 6) is 5.50.